The standard InChI is InChI=1S/C15H27N3O2/c1-15(2)14(20)17(3)10-11-18(15)13(19)8-7-12-6-4-5-9-16-12/h12,16H,4-11H2,1-3H3. The third kappa shape index (κ3) is 3.14. The van der Waals surface area contributed by atoms with Crippen LogP contribution in [0.1, 0.15) is 46.0 Å². The number of rotatable bonds is 3. The van der Waals surface area contributed by atoms with E-state index in [1.807, 2.05) is 13.8 Å². The molecule has 20 heavy (non-hydrogen) atoms. The maximum atomic E-state index is 12.4. The normalized spacial score (nSPS) is 26.8. The first-order valence-corrected chi connectivity index (χ1v) is 7.72. The summed E-state index contributed by atoms with van der Waals surface area (Å²) in [6.45, 7) is 6.04. The fourth-order valence-electron chi connectivity index (χ4n) is 3.25. The lowest BCUT2D eigenvalue weighted by atomic mass is 9.95. The molecule has 2 aliphatic heterocycles. The lowest BCUT2D eigenvalue weighted by Crippen LogP contribution is -2.63. The van der Waals surface area contributed by atoms with E-state index in [-0.39, 0.29) is 11.8 Å². The predicted octanol–water partition coefficient (Wildman–Crippen LogP) is 0.988. The molecule has 114 valence electrons. The Hall–Kier alpha value is -1.10. The Morgan fingerprint density at radius 1 is 1.35 bits per heavy atom. The second-order valence-corrected chi connectivity index (χ2v) is 6.52. The minimum Gasteiger partial charge on any atom is -0.342 e. The van der Waals surface area contributed by atoms with Crippen molar-refractivity contribution in [1.29, 1.82) is 0 Å². The van der Waals surface area contributed by atoms with Gasteiger partial charge in [0, 0.05) is 32.6 Å². The van der Waals surface area contributed by atoms with Crippen molar-refractivity contribution in [3.8, 4) is 0 Å². The van der Waals surface area contributed by atoms with Crippen molar-refractivity contribution in [2.75, 3.05) is 26.7 Å². The van der Waals surface area contributed by atoms with E-state index < -0.39 is 5.54 Å². The topological polar surface area (TPSA) is 52.6 Å². The van der Waals surface area contributed by atoms with Crippen molar-refractivity contribution in [3.63, 3.8) is 0 Å². The van der Waals surface area contributed by atoms with E-state index in [2.05, 4.69) is 5.32 Å². The zero-order chi connectivity index (χ0) is 14.8. The highest BCUT2D eigenvalue weighted by Crippen LogP contribution is 2.23. The molecule has 1 unspecified atom stereocenters. The van der Waals surface area contributed by atoms with Crippen LogP contribution in [0.15, 0.2) is 0 Å². The van der Waals surface area contributed by atoms with Crippen LogP contribution in [-0.2, 0) is 9.59 Å². The van der Waals surface area contributed by atoms with Crippen LogP contribution in [0, 0.1) is 0 Å². The number of nitrogens with zero attached hydrogens (tertiary/aromatic N) is 2. The molecule has 2 saturated heterocycles. The van der Waals surface area contributed by atoms with Gasteiger partial charge in [0.05, 0.1) is 0 Å². The summed E-state index contributed by atoms with van der Waals surface area (Å²) >= 11 is 0. The molecule has 2 amide bonds. The van der Waals surface area contributed by atoms with Gasteiger partial charge in [-0.2, -0.15) is 0 Å². The summed E-state index contributed by atoms with van der Waals surface area (Å²) in [6, 6.07) is 0.471. The van der Waals surface area contributed by atoms with E-state index in [9.17, 15) is 9.59 Å². The number of hydrogen-bond donors (Lipinski definition) is 1. The average Bonchev–Trinajstić information content (AvgIpc) is 2.43. The zero-order valence-electron chi connectivity index (χ0n) is 12.9. The first-order chi connectivity index (χ1) is 9.43. The Morgan fingerprint density at radius 2 is 2.10 bits per heavy atom. The monoisotopic (exact) mass is 281 g/mol. The molecular weight excluding hydrogens is 254 g/mol. The van der Waals surface area contributed by atoms with Crippen LogP contribution in [0.3, 0.4) is 0 Å². The van der Waals surface area contributed by atoms with Crippen LogP contribution in [0.25, 0.3) is 0 Å². The largest absolute Gasteiger partial charge is 0.342 e. The Labute approximate surface area is 121 Å². The summed E-state index contributed by atoms with van der Waals surface area (Å²) in [4.78, 5) is 28.1. The molecule has 0 spiro atoms. The van der Waals surface area contributed by atoms with Gasteiger partial charge in [0.25, 0.3) is 0 Å². The van der Waals surface area contributed by atoms with Gasteiger partial charge in [0.1, 0.15) is 5.54 Å². The number of piperidine rings is 1. The third-order valence-corrected chi connectivity index (χ3v) is 4.62. The minimum absolute atomic E-state index is 0.0351. The van der Waals surface area contributed by atoms with Crippen molar-refractivity contribution < 1.29 is 9.59 Å². The van der Waals surface area contributed by atoms with Crippen molar-refractivity contribution in [1.82, 2.24) is 15.1 Å². The smallest absolute Gasteiger partial charge is 0.247 e. The molecular formula is C15H27N3O2. The summed E-state index contributed by atoms with van der Waals surface area (Å²) in [5.74, 6) is 0.150. The molecule has 0 aliphatic carbocycles. The number of nitrogens with one attached hydrogen (secondary N) is 1. The maximum absolute atomic E-state index is 12.4. The summed E-state index contributed by atoms with van der Waals surface area (Å²) in [6.07, 6.45) is 5.08. The number of hydrogen-bond acceptors (Lipinski definition) is 3. The molecule has 1 atom stereocenters. The minimum atomic E-state index is -0.704. The van der Waals surface area contributed by atoms with Gasteiger partial charge < -0.3 is 15.1 Å². The predicted molar refractivity (Wildman–Crippen MR) is 78.3 cm³/mol. The summed E-state index contributed by atoms with van der Waals surface area (Å²) in [5.41, 5.74) is -0.704. The summed E-state index contributed by atoms with van der Waals surface area (Å²) in [5, 5.41) is 3.47. The molecule has 5 nitrogen and oxygen atoms in total. The summed E-state index contributed by atoms with van der Waals surface area (Å²) < 4.78 is 0. The molecule has 2 heterocycles. The molecule has 0 aromatic heterocycles. The van der Waals surface area contributed by atoms with E-state index in [0.29, 0.717) is 25.6 Å². The van der Waals surface area contributed by atoms with Crippen molar-refractivity contribution in [2.24, 2.45) is 0 Å². The number of piperazine rings is 1. The molecule has 0 bridgehead atoms. The SMILES string of the molecule is CN1CCN(C(=O)CCC2CCCCN2)C(C)(C)C1=O. The van der Waals surface area contributed by atoms with E-state index in [0.717, 1.165) is 13.0 Å². The van der Waals surface area contributed by atoms with Crippen LogP contribution in [0.2, 0.25) is 0 Å². The molecule has 0 aromatic carbocycles. The fraction of sp³-hybridized carbons (Fsp3) is 0.867. The molecule has 0 radical (unpaired) electrons. The van der Waals surface area contributed by atoms with E-state index in [1.165, 1.54) is 19.3 Å². The summed E-state index contributed by atoms with van der Waals surface area (Å²) in [7, 11) is 1.80. The molecule has 2 rings (SSSR count). The van der Waals surface area contributed by atoms with Crippen LogP contribution in [0.4, 0.5) is 0 Å². The zero-order valence-corrected chi connectivity index (χ0v) is 12.9. The Kier molecular flexibility index (Phi) is 4.68. The second-order valence-electron chi connectivity index (χ2n) is 6.52. The fourth-order valence-corrected chi connectivity index (χ4v) is 3.25. The van der Waals surface area contributed by atoms with Crippen molar-refractivity contribution >= 4 is 11.8 Å². The number of carbonyl (C=O) groups is 2. The number of carbonyl (C=O) groups excluding carboxylic acids is 2. The lowest BCUT2D eigenvalue weighted by Gasteiger charge is -2.45. The highest BCUT2D eigenvalue weighted by Gasteiger charge is 2.42. The first-order valence-electron chi connectivity index (χ1n) is 7.72. The third-order valence-electron chi connectivity index (χ3n) is 4.62. The Morgan fingerprint density at radius 3 is 2.75 bits per heavy atom. The number of amides is 2. The van der Waals surface area contributed by atoms with Crippen LogP contribution < -0.4 is 5.32 Å². The quantitative estimate of drug-likeness (QED) is 0.839. The molecule has 2 fully saturated rings. The van der Waals surface area contributed by atoms with Gasteiger partial charge in [0.15, 0.2) is 0 Å². The molecule has 5 heteroatoms. The Balaban J connectivity index is 1.89. The Bertz CT molecular complexity index is 375. The van der Waals surface area contributed by atoms with Crippen molar-refractivity contribution in [2.45, 2.75) is 57.5 Å². The molecule has 1 N–H and O–H groups in total. The highest BCUT2D eigenvalue weighted by molar-refractivity contribution is 5.91. The van der Waals surface area contributed by atoms with E-state index in [1.54, 1.807) is 16.8 Å². The highest BCUT2D eigenvalue weighted by atomic mass is 16.2. The van der Waals surface area contributed by atoms with Gasteiger partial charge in [-0.15, -0.1) is 0 Å². The average molecular weight is 281 g/mol. The lowest BCUT2D eigenvalue weighted by molar-refractivity contribution is -0.157. The van der Waals surface area contributed by atoms with E-state index in [4.69, 9.17) is 0 Å². The molecule has 0 aromatic rings. The molecule has 2 aliphatic rings. The van der Waals surface area contributed by atoms with Crippen LogP contribution in [0.5, 0.6) is 0 Å². The maximum Gasteiger partial charge on any atom is 0.247 e. The van der Waals surface area contributed by atoms with Crippen LogP contribution >= 0.6 is 0 Å². The van der Waals surface area contributed by atoms with Crippen LogP contribution in [-0.4, -0.2) is 59.9 Å². The second kappa shape index (κ2) is 6.12. The van der Waals surface area contributed by atoms with Gasteiger partial charge in [0.2, 0.25) is 11.8 Å². The first kappa shape index (κ1) is 15.3. The van der Waals surface area contributed by atoms with Gasteiger partial charge in [-0.3, -0.25) is 9.59 Å². The van der Waals surface area contributed by atoms with E-state index >= 15 is 0 Å². The van der Waals surface area contributed by atoms with Gasteiger partial charge in [-0.05, 0) is 39.7 Å². The molecule has 0 saturated carbocycles. The van der Waals surface area contributed by atoms with Crippen molar-refractivity contribution in [3.05, 3.63) is 0 Å². The van der Waals surface area contributed by atoms with Gasteiger partial charge in [-0.25, -0.2) is 0 Å². The van der Waals surface area contributed by atoms with Gasteiger partial charge >= 0.3 is 0 Å². The number of likely N-dealkylation sites (N-methyl/N-ethyl adjacent to an activating group) is 1. The van der Waals surface area contributed by atoms with Gasteiger partial charge in [-0.1, -0.05) is 6.42 Å².